The molecule has 62 valence electrons. The molecule has 0 saturated heterocycles. The van der Waals surface area contributed by atoms with Crippen molar-refractivity contribution in [3.63, 3.8) is 0 Å². The highest BCUT2D eigenvalue weighted by Crippen LogP contribution is 2.12. The highest BCUT2D eigenvalue weighted by atomic mass is 32.2. The Bertz CT molecular complexity index is 181. The number of hydrogen-bond donors (Lipinski definition) is 0. The fourth-order valence-corrected chi connectivity index (χ4v) is 1.77. The molecule has 0 saturated carbocycles. The molecule has 1 unspecified atom stereocenters. The lowest BCUT2D eigenvalue weighted by Crippen LogP contribution is -2.04. The van der Waals surface area contributed by atoms with Gasteiger partial charge in [0.15, 0.2) is 0 Å². The van der Waals surface area contributed by atoms with Crippen molar-refractivity contribution in [1.29, 1.82) is 0 Å². The molecule has 1 nitrogen and oxygen atoms in total. The molecular weight excluding hydrogens is 154 g/mol. The molecule has 0 aliphatic heterocycles. The van der Waals surface area contributed by atoms with Crippen LogP contribution in [0.4, 0.5) is 0 Å². The van der Waals surface area contributed by atoms with Crippen LogP contribution in [0.15, 0.2) is 24.5 Å². The van der Waals surface area contributed by atoms with Gasteiger partial charge in [0.1, 0.15) is 0 Å². The molecule has 0 fully saturated rings. The third-order valence-corrected chi connectivity index (χ3v) is 2.83. The van der Waals surface area contributed by atoms with Crippen molar-refractivity contribution in [2.45, 2.75) is 19.9 Å². The van der Waals surface area contributed by atoms with Crippen molar-refractivity contribution >= 4 is 11.8 Å². The minimum Gasteiger partial charge on any atom is -0.351 e. The van der Waals surface area contributed by atoms with Crippen LogP contribution in [0.3, 0.4) is 0 Å². The van der Waals surface area contributed by atoms with E-state index in [1.807, 2.05) is 11.8 Å². The van der Waals surface area contributed by atoms with Gasteiger partial charge >= 0.3 is 0 Å². The van der Waals surface area contributed by atoms with E-state index in [9.17, 15) is 0 Å². The molecule has 1 aromatic rings. The van der Waals surface area contributed by atoms with Crippen LogP contribution < -0.4 is 0 Å². The Morgan fingerprint density at radius 3 is 2.55 bits per heavy atom. The third-order valence-electron chi connectivity index (χ3n) is 1.70. The largest absolute Gasteiger partial charge is 0.351 e. The fourth-order valence-electron chi connectivity index (χ4n) is 1.02. The van der Waals surface area contributed by atoms with Crippen LogP contribution in [0.25, 0.3) is 0 Å². The van der Waals surface area contributed by atoms with Crippen molar-refractivity contribution in [3.05, 3.63) is 24.5 Å². The van der Waals surface area contributed by atoms with Gasteiger partial charge in [0.05, 0.1) is 0 Å². The molecule has 0 amide bonds. The van der Waals surface area contributed by atoms with Crippen molar-refractivity contribution in [3.8, 4) is 0 Å². The second-order valence-electron chi connectivity index (χ2n) is 2.64. The topological polar surface area (TPSA) is 4.93 Å². The van der Waals surface area contributed by atoms with Gasteiger partial charge in [-0.05, 0) is 24.8 Å². The Labute approximate surface area is 72.8 Å². The zero-order chi connectivity index (χ0) is 8.10. The molecule has 0 aliphatic rings. The lowest BCUT2D eigenvalue weighted by Gasteiger charge is -2.11. The standard InChI is InChI=1S/C9H15NS/c1-3-11-8-9(2)10-6-4-5-7-10/h4-7,9H,3,8H2,1-2H3. The van der Waals surface area contributed by atoms with Gasteiger partial charge in [0, 0.05) is 24.2 Å². The maximum Gasteiger partial charge on any atom is 0.0392 e. The van der Waals surface area contributed by atoms with Crippen LogP contribution in [-0.2, 0) is 0 Å². The number of hydrogen-bond acceptors (Lipinski definition) is 1. The summed E-state index contributed by atoms with van der Waals surface area (Å²) >= 11 is 1.99. The molecule has 1 rings (SSSR count). The molecule has 2 heteroatoms. The first-order chi connectivity index (χ1) is 5.34. The normalized spacial score (nSPS) is 13.3. The molecule has 0 N–H and O–H groups in total. The number of thioether (sulfide) groups is 1. The Hall–Kier alpha value is -0.370. The summed E-state index contributed by atoms with van der Waals surface area (Å²) in [5, 5.41) is 0. The van der Waals surface area contributed by atoms with Crippen LogP contribution in [0, 0.1) is 0 Å². The second-order valence-corrected chi connectivity index (χ2v) is 3.96. The highest BCUT2D eigenvalue weighted by molar-refractivity contribution is 7.99. The highest BCUT2D eigenvalue weighted by Gasteiger charge is 2.00. The summed E-state index contributed by atoms with van der Waals surface area (Å²) in [5.74, 6) is 2.43. The van der Waals surface area contributed by atoms with Crippen molar-refractivity contribution in [2.24, 2.45) is 0 Å². The van der Waals surface area contributed by atoms with E-state index in [1.165, 1.54) is 11.5 Å². The molecule has 11 heavy (non-hydrogen) atoms. The lowest BCUT2D eigenvalue weighted by atomic mass is 10.4. The van der Waals surface area contributed by atoms with Gasteiger partial charge in [0.25, 0.3) is 0 Å². The predicted molar refractivity (Wildman–Crippen MR) is 52.1 cm³/mol. The summed E-state index contributed by atoms with van der Waals surface area (Å²) in [5.41, 5.74) is 0. The van der Waals surface area contributed by atoms with E-state index in [4.69, 9.17) is 0 Å². The average molecular weight is 169 g/mol. The number of rotatable bonds is 4. The molecule has 1 heterocycles. The van der Waals surface area contributed by atoms with Gasteiger partial charge in [-0.1, -0.05) is 6.92 Å². The summed E-state index contributed by atoms with van der Waals surface area (Å²) in [6.45, 7) is 4.45. The van der Waals surface area contributed by atoms with E-state index < -0.39 is 0 Å². The molecule has 0 aliphatic carbocycles. The zero-order valence-corrected chi connectivity index (χ0v) is 7.97. The van der Waals surface area contributed by atoms with E-state index in [-0.39, 0.29) is 0 Å². The van der Waals surface area contributed by atoms with Crippen molar-refractivity contribution in [2.75, 3.05) is 11.5 Å². The van der Waals surface area contributed by atoms with E-state index in [0.29, 0.717) is 6.04 Å². The SMILES string of the molecule is CCSCC(C)n1cccc1. The molecule has 0 bridgehead atoms. The van der Waals surface area contributed by atoms with Crippen LogP contribution >= 0.6 is 11.8 Å². The molecule has 1 aromatic heterocycles. The molecule has 0 radical (unpaired) electrons. The quantitative estimate of drug-likeness (QED) is 0.671. The van der Waals surface area contributed by atoms with Gasteiger partial charge in [0.2, 0.25) is 0 Å². The van der Waals surface area contributed by atoms with Gasteiger partial charge in [-0.25, -0.2) is 0 Å². The fraction of sp³-hybridized carbons (Fsp3) is 0.556. The minimum atomic E-state index is 0.634. The Morgan fingerprint density at radius 1 is 1.36 bits per heavy atom. The van der Waals surface area contributed by atoms with Gasteiger partial charge < -0.3 is 4.57 Å². The first kappa shape index (κ1) is 8.72. The summed E-state index contributed by atoms with van der Waals surface area (Å²) < 4.78 is 2.25. The first-order valence-electron chi connectivity index (χ1n) is 4.04. The van der Waals surface area contributed by atoms with Crippen molar-refractivity contribution in [1.82, 2.24) is 4.57 Å². The van der Waals surface area contributed by atoms with E-state index in [0.717, 1.165) is 0 Å². The first-order valence-corrected chi connectivity index (χ1v) is 5.20. The Balaban J connectivity index is 2.36. The summed E-state index contributed by atoms with van der Waals surface area (Å²) in [6.07, 6.45) is 4.25. The van der Waals surface area contributed by atoms with Gasteiger partial charge in [-0.3, -0.25) is 0 Å². The maximum atomic E-state index is 2.25. The van der Waals surface area contributed by atoms with E-state index in [1.54, 1.807) is 0 Å². The van der Waals surface area contributed by atoms with Gasteiger partial charge in [-0.2, -0.15) is 11.8 Å². The summed E-state index contributed by atoms with van der Waals surface area (Å²) in [4.78, 5) is 0. The lowest BCUT2D eigenvalue weighted by molar-refractivity contribution is 0.613. The monoisotopic (exact) mass is 169 g/mol. The second kappa shape index (κ2) is 4.50. The Kier molecular flexibility index (Phi) is 3.57. The van der Waals surface area contributed by atoms with E-state index >= 15 is 0 Å². The van der Waals surface area contributed by atoms with E-state index in [2.05, 4.69) is 42.9 Å². The maximum absolute atomic E-state index is 2.25. The predicted octanol–water partition coefficient (Wildman–Crippen LogP) is 2.80. The van der Waals surface area contributed by atoms with Crippen LogP contribution in [0.1, 0.15) is 19.9 Å². The molecule has 0 spiro atoms. The Morgan fingerprint density at radius 2 is 2.00 bits per heavy atom. The van der Waals surface area contributed by atoms with Crippen LogP contribution in [0.2, 0.25) is 0 Å². The molecular formula is C9H15NS. The molecule has 1 atom stereocenters. The average Bonchev–Trinajstić information content (AvgIpc) is 2.52. The van der Waals surface area contributed by atoms with Crippen LogP contribution in [-0.4, -0.2) is 16.1 Å². The summed E-state index contributed by atoms with van der Waals surface area (Å²) in [6, 6.07) is 4.79. The van der Waals surface area contributed by atoms with Crippen LogP contribution in [0.5, 0.6) is 0 Å². The van der Waals surface area contributed by atoms with Gasteiger partial charge in [-0.15, -0.1) is 0 Å². The summed E-state index contributed by atoms with van der Waals surface area (Å²) in [7, 11) is 0. The molecule has 0 aromatic carbocycles. The minimum absolute atomic E-state index is 0.634. The smallest absolute Gasteiger partial charge is 0.0392 e. The number of nitrogens with zero attached hydrogens (tertiary/aromatic N) is 1. The zero-order valence-electron chi connectivity index (χ0n) is 7.16. The number of aromatic nitrogens is 1. The third kappa shape index (κ3) is 2.62. The van der Waals surface area contributed by atoms with Crippen molar-refractivity contribution < 1.29 is 0 Å².